The number of aliphatic hydroxyl groups excluding tert-OH is 2. The summed E-state index contributed by atoms with van der Waals surface area (Å²) in [6.07, 6.45) is -4.49. The Morgan fingerprint density at radius 3 is 1.82 bits per heavy atom. The molecule has 0 amide bonds. The molecular weight excluding hydrogens is 528 g/mol. The van der Waals surface area contributed by atoms with Crippen LogP contribution in [0.5, 0.6) is 0 Å². The number of aliphatic hydroxyl groups is 2. The van der Waals surface area contributed by atoms with E-state index in [1.807, 2.05) is 0 Å². The van der Waals surface area contributed by atoms with Gasteiger partial charge in [0.2, 0.25) is 0 Å². The summed E-state index contributed by atoms with van der Waals surface area (Å²) >= 11 is 0. The highest BCUT2D eigenvalue weighted by Crippen LogP contribution is 2.40. The van der Waals surface area contributed by atoms with Gasteiger partial charge in [-0.1, -0.05) is 6.08 Å². The van der Waals surface area contributed by atoms with Gasteiger partial charge in [0.15, 0.2) is 11.9 Å². The number of hydrogen-bond donors (Lipinski definition) is 2. The van der Waals surface area contributed by atoms with Crippen molar-refractivity contribution in [1.29, 1.82) is 0 Å². The summed E-state index contributed by atoms with van der Waals surface area (Å²) in [6.45, 7) is 8.74. The van der Waals surface area contributed by atoms with Crippen LogP contribution in [0, 0.1) is 5.92 Å². The third-order valence-electron chi connectivity index (χ3n) is 6.74. The lowest BCUT2D eigenvalue weighted by atomic mass is 9.76. The highest BCUT2D eigenvalue weighted by atomic mass is 16.6. The molecule has 2 bridgehead atoms. The maximum absolute atomic E-state index is 12.3. The second kappa shape index (κ2) is 14.2. The molecule has 6 atom stereocenters. The zero-order valence-corrected chi connectivity index (χ0v) is 23.8. The molecule has 0 spiro atoms. The van der Waals surface area contributed by atoms with Gasteiger partial charge in [0, 0.05) is 46.6 Å². The summed E-state index contributed by atoms with van der Waals surface area (Å²) in [5, 5.41) is 22.4. The molecule has 0 saturated carbocycles. The Morgan fingerprint density at radius 2 is 1.32 bits per heavy atom. The Balaban J connectivity index is 2.89. The standard InChI is InChI=1S/C28H38O12/c1-13-22-8-20(10-25(13)37-16(4)30)23(34)9-21(12-36-15(3)29)24(35)11-26(38-17(5)31)14(2)27(39-18(6)32)28(22)40-19(7)33/h9,20,23-26,28,34-35H,8,10-12H2,1-7H3/b21-9+,27-14?/t20-,23-,24+,25-,26-,28-/m0/s1. The van der Waals surface area contributed by atoms with Crippen molar-refractivity contribution in [2.45, 2.75) is 98.2 Å². The van der Waals surface area contributed by atoms with Crippen LogP contribution < -0.4 is 0 Å². The number of ether oxygens (including phenoxy) is 5. The van der Waals surface area contributed by atoms with Crippen molar-refractivity contribution < 1.29 is 57.9 Å². The lowest BCUT2D eigenvalue weighted by molar-refractivity contribution is -0.151. The van der Waals surface area contributed by atoms with E-state index in [1.54, 1.807) is 6.92 Å². The molecule has 40 heavy (non-hydrogen) atoms. The first-order valence-electron chi connectivity index (χ1n) is 12.9. The van der Waals surface area contributed by atoms with E-state index in [1.165, 1.54) is 33.8 Å². The van der Waals surface area contributed by atoms with Crippen LogP contribution >= 0.6 is 0 Å². The third kappa shape index (κ3) is 9.02. The second-order valence-electron chi connectivity index (χ2n) is 10.00. The molecule has 12 heteroatoms. The molecule has 0 heterocycles. The zero-order valence-electron chi connectivity index (χ0n) is 23.8. The van der Waals surface area contributed by atoms with Crippen molar-refractivity contribution in [3.05, 3.63) is 34.1 Å². The van der Waals surface area contributed by atoms with Crippen LogP contribution in [0.15, 0.2) is 34.1 Å². The molecule has 0 saturated heterocycles. The third-order valence-corrected chi connectivity index (χ3v) is 6.74. The van der Waals surface area contributed by atoms with Crippen molar-refractivity contribution in [1.82, 2.24) is 0 Å². The van der Waals surface area contributed by atoms with Crippen molar-refractivity contribution >= 4 is 29.8 Å². The van der Waals surface area contributed by atoms with Gasteiger partial charge in [0.25, 0.3) is 0 Å². The fraction of sp³-hybridized carbons (Fsp3) is 0.607. The first kappa shape index (κ1) is 32.7. The van der Waals surface area contributed by atoms with Gasteiger partial charge in [-0.25, -0.2) is 0 Å². The van der Waals surface area contributed by atoms with E-state index in [4.69, 9.17) is 23.7 Å². The van der Waals surface area contributed by atoms with E-state index in [2.05, 4.69) is 0 Å². The van der Waals surface area contributed by atoms with Gasteiger partial charge < -0.3 is 33.9 Å². The Kier molecular flexibility index (Phi) is 11.6. The van der Waals surface area contributed by atoms with E-state index in [-0.39, 0.29) is 42.8 Å². The first-order valence-corrected chi connectivity index (χ1v) is 12.9. The minimum absolute atomic E-state index is 0.117. The summed E-state index contributed by atoms with van der Waals surface area (Å²) in [5.74, 6) is -4.11. The smallest absolute Gasteiger partial charge is 0.307 e. The summed E-state index contributed by atoms with van der Waals surface area (Å²) in [6, 6.07) is 0. The molecule has 0 radical (unpaired) electrons. The lowest BCUT2D eigenvalue weighted by Gasteiger charge is -2.38. The number of rotatable bonds is 6. The molecule has 222 valence electrons. The maximum atomic E-state index is 12.3. The largest absolute Gasteiger partial charge is 0.461 e. The number of carbonyl (C=O) groups excluding carboxylic acids is 5. The van der Waals surface area contributed by atoms with E-state index in [9.17, 15) is 34.2 Å². The monoisotopic (exact) mass is 566 g/mol. The van der Waals surface area contributed by atoms with E-state index in [0.717, 1.165) is 13.8 Å². The van der Waals surface area contributed by atoms with Gasteiger partial charge in [-0.3, -0.25) is 24.0 Å². The molecular formula is C28H38O12. The Morgan fingerprint density at radius 1 is 0.775 bits per heavy atom. The van der Waals surface area contributed by atoms with Crippen LogP contribution in [-0.4, -0.2) is 77.2 Å². The van der Waals surface area contributed by atoms with Gasteiger partial charge in [-0.15, -0.1) is 0 Å². The molecule has 0 aromatic heterocycles. The van der Waals surface area contributed by atoms with Crippen LogP contribution in [0.4, 0.5) is 0 Å². The SMILES string of the molecule is CC(=O)OC/C1=C\[C@H](O)[C@H]2CC(=C(C)[C@@H](OC(C)=O)C2)[C@H](OC(C)=O)C(OC(C)=O)=C(C)[C@@H](OC(C)=O)C[C@H]1O. The van der Waals surface area contributed by atoms with Crippen molar-refractivity contribution in [2.24, 2.45) is 5.92 Å². The van der Waals surface area contributed by atoms with Crippen LogP contribution in [0.3, 0.4) is 0 Å². The maximum Gasteiger partial charge on any atom is 0.307 e. The average Bonchev–Trinajstić information content (AvgIpc) is 2.82. The molecule has 0 aliphatic heterocycles. The number of carbonyl (C=O) groups is 5. The number of fused-ring (bicyclic) bond motifs is 2. The molecule has 0 fully saturated rings. The Hall–Kier alpha value is -3.51. The van der Waals surface area contributed by atoms with E-state index in [0.29, 0.717) is 11.1 Å². The van der Waals surface area contributed by atoms with Gasteiger partial charge in [-0.2, -0.15) is 0 Å². The molecule has 2 aliphatic rings. The quantitative estimate of drug-likeness (QED) is 0.272. The van der Waals surface area contributed by atoms with Gasteiger partial charge >= 0.3 is 29.8 Å². The fourth-order valence-electron chi connectivity index (χ4n) is 4.86. The molecule has 2 aliphatic carbocycles. The molecule has 12 nitrogen and oxygen atoms in total. The van der Waals surface area contributed by atoms with Crippen LogP contribution in [0.1, 0.15) is 67.7 Å². The van der Waals surface area contributed by atoms with Crippen LogP contribution in [0.2, 0.25) is 0 Å². The molecule has 0 aromatic rings. The summed E-state index contributed by atoms with van der Waals surface area (Å²) in [4.78, 5) is 60.0. The summed E-state index contributed by atoms with van der Waals surface area (Å²) in [7, 11) is 0. The van der Waals surface area contributed by atoms with Crippen LogP contribution in [-0.2, 0) is 47.7 Å². The fourth-order valence-corrected chi connectivity index (χ4v) is 4.86. The number of esters is 5. The second-order valence-corrected chi connectivity index (χ2v) is 10.00. The molecule has 2 N–H and O–H groups in total. The minimum atomic E-state index is -1.37. The van der Waals surface area contributed by atoms with Crippen molar-refractivity contribution in [3.8, 4) is 0 Å². The zero-order chi connectivity index (χ0) is 30.3. The first-order chi connectivity index (χ1) is 18.6. The summed E-state index contributed by atoms with van der Waals surface area (Å²) in [5.41, 5.74) is 1.28. The predicted molar refractivity (Wildman–Crippen MR) is 138 cm³/mol. The molecule has 0 unspecified atom stereocenters. The molecule has 0 aromatic carbocycles. The average molecular weight is 567 g/mol. The van der Waals surface area contributed by atoms with E-state index < -0.39 is 66.3 Å². The highest BCUT2D eigenvalue weighted by molar-refractivity contribution is 5.70. The Bertz CT molecular complexity index is 1110. The van der Waals surface area contributed by atoms with Gasteiger partial charge in [0.1, 0.15) is 18.8 Å². The molecule has 2 rings (SSSR count). The van der Waals surface area contributed by atoms with Crippen molar-refractivity contribution in [3.63, 3.8) is 0 Å². The topological polar surface area (TPSA) is 172 Å². The normalized spacial score (nSPS) is 28.7. The van der Waals surface area contributed by atoms with Gasteiger partial charge in [-0.05, 0) is 49.3 Å². The highest BCUT2D eigenvalue weighted by Gasteiger charge is 2.41. The number of hydrogen-bond acceptors (Lipinski definition) is 12. The minimum Gasteiger partial charge on any atom is -0.461 e. The van der Waals surface area contributed by atoms with Crippen LogP contribution in [0.25, 0.3) is 0 Å². The lowest BCUT2D eigenvalue weighted by Crippen LogP contribution is -2.39. The van der Waals surface area contributed by atoms with Crippen molar-refractivity contribution in [2.75, 3.05) is 6.61 Å². The Labute approximate surface area is 232 Å². The van der Waals surface area contributed by atoms with E-state index >= 15 is 0 Å². The summed E-state index contributed by atoms with van der Waals surface area (Å²) < 4.78 is 27.3. The van der Waals surface area contributed by atoms with Gasteiger partial charge in [0.05, 0.1) is 12.2 Å². The predicted octanol–water partition coefficient (Wildman–Crippen LogP) is 1.96.